The van der Waals surface area contributed by atoms with Crippen LogP contribution in [0.4, 0.5) is 5.82 Å². The van der Waals surface area contributed by atoms with Crippen LogP contribution in [0.1, 0.15) is 11.1 Å². The number of nitrogens with one attached hydrogen (secondary N) is 1. The first-order valence-electron chi connectivity index (χ1n) is 7.72. The number of methoxy groups -OCH3 is 1. The van der Waals surface area contributed by atoms with Gasteiger partial charge in [-0.3, -0.25) is 9.40 Å². The van der Waals surface area contributed by atoms with Gasteiger partial charge in [0.15, 0.2) is 5.82 Å². The van der Waals surface area contributed by atoms with E-state index in [0.717, 1.165) is 5.56 Å². The third-order valence-corrected chi connectivity index (χ3v) is 5.09. The second kappa shape index (κ2) is 6.98. The molecule has 0 saturated carbocycles. The number of aromatic nitrogens is 2. The molecule has 0 atom stereocenters. The first kappa shape index (κ1) is 17.0. The zero-order valence-electron chi connectivity index (χ0n) is 14.0. The Morgan fingerprint density at radius 3 is 2.36 bits per heavy atom. The molecule has 0 aliphatic rings. The lowest BCUT2D eigenvalue weighted by Gasteiger charge is -2.06. The summed E-state index contributed by atoms with van der Waals surface area (Å²) in [4.78, 5) is 0.154. The minimum atomic E-state index is -3.68. The first-order chi connectivity index (χ1) is 12.0. The summed E-state index contributed by atoms with van der Waals surface area (Å²) in [7, 11) is -2.15. The van der Waals surface area contributed by atoms with Gasteiger partial charge in [-0.05, 0) is 36.8 Å². The number of hydrogen-bond acceptors (Lipinski definition) is 4. The van der Waals surface area contributed by atoms with Crippen molar-refractivity contribution < 1.29 is 13.2 Å². The predicted octanol–water partition coefficient (Wildman–Crippen LogP) is 3.05. The summed E-state index contributed by atoms with van der Waals surface area (Å²) in [6.07, 6.45) is 1.74. The fourth-order valence-electron chi connectivity index (χ4n) is 2.34. The molecule has 3 aromatic rings. The molecule has 3 rings (SSSR count). The van der Waals surface area contributed by atoms with Gasteiger partial charge in [0.2, 0.25) is 0 Å². The molecular formula is C18H19N3O3S. The fourth-order valence-corrected chi connectivity index (χ4v) is 3.33. The number of benzene rings is 2. The minimum Gasteiger partial charge on any atom is -0.497 e. The van der Waals surface area contributed by atoms with E-state index in [0.29, 0.717) is 12.3 Å². The van der Waals surface area contributed by atoms with Crippen molar-refractivity contribution in [3.05, 3.63) is 71.9 Å². The van der Waals surface area contributed by atoms with Crippen LogP contribution >= 0.6 is 0 Å². The van der Waals surface area contributed by atoms with Crippen LogP contribution in [0.2, 0.25) is 0 Å². The zero-order valence-corrected chi connectivity index (χ0v) is 14.8. The lowest BCUT2D eigenvalue weighted by atomic mass is 10.1. The number of aryl methyl sites for hydroxylation is 1. The van der Waals surface area contributed by atoms with Crippen molar-refractivity contribution in [3.63, 3.8) is 0 Å². The lowest BCUT2D eigenvalue weighted by molar-refractivity contribution is 0.414. The van der Waals surface area contributed by atoms with E-state index in [9.17, 15) is 8.42 Å². The molecule has 0 saturated heterocycles. The summed E-state index contributed by atoms with van der Waals surface area (Å²) in [5, 5.41) is 4.27. The standard InChI is InChI=1S/C18H19N3O3S/c1-14-3-5-15(6-4-14)13-21-12-11-18(19-21)20-25(22,23)17-9-7-16(24-2)8-10-17/h3-12H,13H2,1-2H3,(H,19,20). The van der Waals surface area contributed by atoms with Gasteiger partial charge in [0.05, 0.1) is 18.6 Å². The molecule has 0 spiro atoms. The minimum absolute atomic E-state index is 0.154. The van der Waals surface area contributed by atoms with Crippen LogP contribution in [0.25, 0.3) is 0 Å². The number of sulfonamides is 1. The van der Waals surface area contributed by atoms with Crippen molar-refractivity contribution in [2.24, 2.45) is 0 Å². The second-order valence-electron chi connectivity index (χ2n) is 5.67. The van der Waals surface area contributed by atoms with E-state index in [1.54, 1.807) is 29.1 Å². The Balaban J connectivity index is 1.72. The average molecular weight is 357 g/mol. The van der Waals surface area contributed by atoms with E-state index in [1.165, 1.54) is 24.8 Å². The van der Waals surface area contributed by atoms with E-state index < -0.39 is 10.0 Å². The number of nitrogens with zero attached hydrogens (tertiary/aromatic N) is 2. The molecule has 25 heavy (non-hydrogen) atoms. The molecule has 0 aliphatic heterocycles. The van der Waals surface area contributed by atoms with Crippen molar-refractivity contribution in [3.8, 4) is 5.75 Å². The van der Waals surface area contributed by atoms with E-state index in [1.807, 2.05) is 31.2 Å². The number of hydrogen-bond donors (Lipinski definition) is 1. The maximum Gasteiger partial charge on any atom is 0.263 e. The zero-order chi connectivity index (χ0) is 17.9. The Kier molecular flexibility index (Phi) is 4.76. The summed E-state index contributed by atoms with van der Waals surface area (Å²) in [5.41, 5.74) is 2.29. The van der Waals surface area contributed by atoms with Crippen LogP contribution in [0.5, 0.6) is 5.75 Å². The Bertz CT molecular complexity index is 946. The van der Waals surface area contributed by atoms with Crippen LogP contribution in [-0.2, 0) is 16.6 Å². The predicted molar refractivity (Wildman–Crippen MR) is 96.3 cm³/mol. The maximum absolute atomic E-state index is 12.4. The average Bonchev–Trinajstić information content (AvgIpc) is 3.03. The molecule has 1 N–H and O–H groups in total. The first-order valence-corrected chi connectivity index (χ1v) is 9.20. The van der Waals surface area contributed by atoms with Crippen molar-refractivity contribution in [2.45, 2.75) is 18.4 Å². The third-order valence-electron chi connectivity index (χ3n) is 3.71. The molecule has 0 radical (unpaired) electrons. The number of anilines is 1. The van der Waals surface area contributed by atoms with Crippen LogP contribution < -0.4 is 9.46 Å². The van der Waals surface area contributed by atoms with Crippen molar-refractivity contribution in [1.29, 1.82) is 0 Å². The number of rotatable bonds is 6. The van der Waals surface area contributed by atoms with Gasteiger partial charge in [-0.15, -0.1) is 0 Å². The van der Waals surface area contributed by atoms with Crippen LogP contribution in [-0.4, -0.2) is 25.3 Å². The molecule has 0 aliphatic carbocycles. The molecule has 1 aromatic heterocycles. The Hall–Kier alpha value is -2.80. The molecule has 0 amide bonds. The molecule has 0 unspecified atom stereocenters. The van der Waals surface area contributed by atoms with E-state index >= 15 is 0 Å². The monoisotopic (exact) mass is 357 g/mol. The Morgan fingerprint density at radius 2 is 1.72 bits per heavy atom. The van der Waals surface area contributed by atoms with Gasteiger partial charge in [0.1, 0.15) is 5.75 Å². The quantitative estimate of drug-likeness (QED) is 0.736. The second-order valence-corrected chi connectivity index (χ2v) is 7.35. The largest absolute Gasteiger partial charge is 0.497 e. The maximum atomic E-state index is 12.4. The summed E-state index contributed by atoms with van der Waals surface area (Å²) >= 11 is 0. The third kappa shape index (κ3) is 4.19. The molecule has 130 valence electrons. The molecule has 6 nitrogen and oxygen atoms in total. The van der Waals surface area contributed by atoms with Crippen molar-refractivity contribution in [1.82, 2.24) is 9.78 Å². The summed E-state index contributed by atoms with van der Waals surface area (Å²) in [6, 6.07) is 15.9. The highest BCUT2D eigenvalue weighted by atomic mass is 32.2. The normalized spacial score (nSPS) is 11.3. The van der Waals surface area contributed by atoms with Gasteiger partial charge in [0, 0.05) is 12.3 Å². The molecule has 0 fully saturated rings. The van der Waals surface area contributed by atoms with Crippen LogP contribution in [0.15, 0.2) is 65.7 Å². The van der Waals surface area contributed by atoms with E-state index in [-0.39, 0.29) is 10.7 Å². The summed E-state index contributed by atoms with van der Waals surface area (Å²) in [5.74, 6) is 0.879. The fraction of sp³-hybridized carbons (Fsp3) is 0.167. The van der Waals surface area contributed by atoms with Gasteiger partial charge in [-0.25, -0.2) is 8.42 Å². The van der Waals surface area contributed by atoms with Gasteiger partial charge >= 0.3 is 0 Å². The Labute approximate surface area is 147 Å². The molecule has 2 aromatic carbocycles. The van der Waals surface area contributed by atoms with Crippen LogP contribution in [0.3, 0.4) is 0 Å². The lowest BCUT2D eigenvalue weighted by Crippen LogP contribution is -2.13. The van der Waals surface area contributed by atoms with Gasteiger partial charge in [-0.2, -0.15) is 5.10 Å². The summed E-state index contributed by atoms with van der Waals surface area (Å²) < 4.78 is 34.0. The number of ether oxygens (including phenoxy) is 1. The SMILES string of the molecule is COc1ccc(S(=O)(=O)Nc2ccn(Cc3ccc(C)cc3)n2)cc1. The van der Waals surface area contributed by atoms with Gasteiger partial charge in [-0.1, -0.05) is 29.8 Å². The molecule has 0 bridgehead atoms. The van der Waals surface area contributed by atoms with Crippen LogP contribution in [0, 0.1) is 6.92 Å². The van der Waals surface area contributed by atoms with Crippen molar-refractivity contribution >= 4 is 15.8 Å². The van der Waals surface area contributed by atoms with Gasteiger partial charge in [0.25, 0.3) is 10.0 Å². The smallest absolute Gasteiger partial charge is 0.263 e. The Morgan fingerprint density at radius 1 is 1.04 bits per heavy atom. The van der Waals surface area contributed by atoms with Crippen molar-refractivity contribution in [2.75, 3.05) is 11.8 Å². The molecular weight excluding hydrogens is 338 g/mol. The topological polar surface area (TPSA) is 73.2 Å². The van der Waals surface area contributed by atoms with E-state index in [2.05, 4.69) is 9.82 Å². The van der Waals surface area contributed by atoms with Gasteiger partial charge < -0.3 is 4.74 Å². The molecule has 7 heteroatoms. The van der Waals surface area contributed by atoms with E-state index in [4.69, 9.17) is 4.74 Å². The highest BCUT2D eigenvalue weighted by molar-refractivity contribution is 7.92. The highest BCUT2D eigenvalue weighted by Gasteiger charge is 2.15. The molecule has 1 heterocycles. The summed E-state index contributed by atoms with van der Waals surface area (Å²) in [6.45, 7) is 2.61. The highest BCUT2D eigenvalue weighted by Crippen LogP contribution is 2.18.